The quantitative estimate of drug-likeness (QED) is 0.870. The molecule has 4 heteroatoms. The van der Waals surface area contributed by atoms with Gasteiger partial charge in [0, 0.05) is 24.4 Å². The van der Waals surface area contributed by atoms with E-state index in [2.05, 4.69) is 21.5 Å². The van der Waals surface area contributed by atoms with E-state index in [9.17, 15) is 5.11 Å². The summed E-state index contributed by atoms with van der Waals surface area (Å²) in [6, 6.07) is 0.477. The summed E-state index contributed by atoms with van der Waals surface area (Å²) in [7, 11) is 2.21. The lowest BCUT2D eigenvalue weighted by atomic mass is 9.96. The molecule has 0 aromatic carbocycles. The average molecular weight is 249 g/mol. The molecule has 1 fully saturated rings. The van der Waals surface area contributed by atoms with Crippen LogP contribution in [0.25, 0.3) is 0 Å². The molecule has 0 amide bonds. The number of rotatable bonds is 2. The molecule has 0 spiro atoms. The maximum absolute atomic E-state index is 9.46. The van der Waals surface area contributed by atoms with E-state index < -0.39 is 0 Å². The van der Waals surface area contributed by atoms with Gasteiger partial charge < -0.3 is 9.67 Å². The summed E-state index contributed by atoms with van der Waals surface area (Å²) in [6.45, 7) is 2.51. The molecule has 3 rings (SSSR count). The van der Waals surface area contributed by atoms with Gasteiger partial charge in [-0.25, -0.2) is 4.98 Å². The van der Waals surface area contributed by atoms with Gasteiger partial charge in [-0.15, -0.1) is 0 Å². The summed E-state index contributed by atoms with van der Waals surface area (Å²) in [6.07, 6.45) is 8.09. The SMILES string of the molecule is CN1CCCCC1c1ncc2n1CCCC2CO. The van der Waals surface area contributed by atoms with E-state index in [-0.39, 0.29) is 6.61 Å². The van der Waals surface area contributed by atoms with Crippen LogP contribution in [0.15, 0.2) is 6.20 Å². The lowest BCUT2D eigenvalue weighted by molar-refractivity contribution is 0.172. The van der Waals surface area contributed by atoms with Gasteiger partial charge in [-0.05, 0) is 39.3 Å². The van der Waals surface area contributed by atoms with Crippen molar-refractivity contribution in [3.8, 4) is 0 Å². The highest BCUT2D eigenvalue weighted by molar-refractivity contribution is 5.16. The largest absolute Gasteiger partial charge is 0.396 e. The van der Waals surface area contributed by atoms with Crippen LogP contribution in [-0.4, -0.2) is 39.8 Å². The molecule has 100 valence electrons. The number of aliphatic hydroxyl groups excluding tert-OH is 1. The van der Waals surface area contributed by atoms with Gasteiger partial charge in [0.1, 0.15) is 5.82 Å². The first-order valence-corrected chi connectivity index (χ1v) is 7.17. The second kappa shape index (κ2) is 5.02. The van der Waals surface area contributed by atoms with E-state index >= 15 is 0 Å². The number of nitrogens with zero attached hydrogens (tertiary/aromatic N) is 3. The fourth-order valence-corrected chi connectivity index (χ4v) is 3.47. The van der Waals surface area contributed by atoms with Crippen molar-refractivity contribution in [1.82, 2.24) is 14.5 Å². The summed E-state index contributed by atoms with van der Waals surface area (Å²) in [5, 5.41) is 9.46. The van der Waals surface area contributed by atoms with Gasteiger partial charge in [0.2, 0.25) is 0 Å². The van der Waals surface area contributed by atoms with Gasteiger partial charge in [0.25, 0.3) is 0 Å². The maximum Gasteiger partial charge on any atom is 0.126 e. The molecule has 4 nitrogen and oxygen atoms in total. The van der Waals surface area contributed by atoms with Crippen molar-refractivity contribution in [2.75, 3.05) is 20.2 Å². The molecular weight excluding hydrogens is 226 g/mol. The molecule has 18 heavy (non-hydrogen) atoms. The van der Waals surface area contributed by atoms with Crippen LogP contribution < -0.4 is 0 Å². The van der Waals surface area contributed by atoms with Crippen molar-refractivity contribution in [3.05, 3.63) is 17.7 Å². The van der Waals surface area contributed by atoms with Gasteiger partial charge in [0.05, 0.1) is 12.6 Å². The lowest BCUT2D eigenvalue weighted by Gasteiger charge is -2.33. The normalized spacial score (nSPS) is 29.2. The zero-order chi connectivity index (χ0) is 12.5. The number of likely N-dealkylation sites (tertiary alicyclic amines) is 1. The van der Waals surface area contributed by atoms with Crippen molar-refractivity contribution in [2.45, 2.75) is 50.6 Å². The highest BCUT2D eigenvalue weighted by Crippen LogP contribution is 2.34. The van der Waals surface area contributed by atoms with Crippen LogP contribution in [-0.2, 0) is 6.54 Å². The van der Waals surface area contributed by atoms with Crippen LogP contribution in [0.3, 0.4) is 0 Å². The van der Waals surface area contributed by atoms with Crippen molar-refractivity contribution in [1.29, 1.82) is 0 Å². The monoisotopic (exact) mass is 249 g/mol. The zero-order valence-corrected chi connectivity index (χ0v) is 11.2. The van der Waals surface area contributed by atoms with E-state index in [1.165, 1.54) is 37.3 Å². The zero-order valence-electron chi connectivity index (χ0n) is 11.2. The smallest absolute Gasteiger partial charge is 0.126 e. The standard InChI is InChI=1S/C14H23N3O/c1-16-7-3-2-6-12(16)14-15-9-13-11(10-18)5-4-8-17(13)14/h9,11-12,18H,2-8,10H2,1H3. The molecule has 1 saturated heterocycles. The lowest BCUT2D eigenvalue weighted by Crippen LogP contribution is -2.32. The van der Waals surface area contributed by atoms with E-state index in [1.807, 2.05) is 6.20 Å². The Morgan fingerprint density at radius 2 is 2.17 bits per heavy atom. The third-order valence-corrected chi connectivity index (χ3v) is 4.56. The fourth-order valence-electron chi connectivity index (χ4n) is 3.47. The Morgan fingerprint density at radius 3 is 2.94 bits per heavy atom. The highest BCUT2D eigenvalue weighted by atomic mass is 16.3. The van der Waals surface area contributed by atoms with E-state index in [1.54, 1.807) is 0 Å². The predicted octanol–water partition coefficient (Wildman–Crippen LogP) is 1.91. The maximum atomic E-state index is 9.46. The van der Waals surface area contributed by atoms with Crippen molar-refractivity contribution >= 4 is 0 Å². The van der Waals surface area contributed by atoms with Gasteiger partial charge in [-0.3, -0.25) is 4.90 Å². The van der Waals surface area contributed by atoms with Crippen LogP contribution in [0, 0.1) is 0 Å². The minimum atomic E-state index is 0.256. The minimum Gasteiger partial charge on any atom is -0.396 e. The first kappa shape index (κ1) is 12.2. The van der Waals surface area contributed by atoms with Gasteiger partial charge in [-0.1, -0.05) is 6.42 Å². The van der Waals surface area contributed by atoms with Gasteiger partial charge in [-0.2, -0.15) is 0 Å². The highest BCUT2D eigenvalue weighted by Gasteiger charge is 2.29. The Morgan fingerprint density at radius 1 is 1.28 bits per heavy atom. The molecule has 2 atom stereocenters. The molecule has 1 aromatic heterocycles. The Balaban J connectivity index is 1.91. The summed E-state index contributed by atoms with van der Waals surface area (Å²) < 4.78 is 2.37. The van der Waals surface area contributed by atoms with Crippen LogP contribution in [0.5, 0.6) is 0 Å². The van der Waals surface area contributed by atoms with Crippen LogP contribution >= 0.6 is 0 Å². The number of piperidine rings is 1. The molecule has 2 aliphatic heterocycles. The third-order valence-electron chi connectivity index (χ3n) is 4.56. The minimum absolute atomic E-state index is 0.256. The Hall–Kier alpha value is -0.870. The molecule has 0 radical (unpaired) electrons. The number of hydrogen-bond donors (Lipinski definition) is 1. The Labute approximate surface area is 109 Å². The molecule has 2 aliphatic rings. The van der Waals surface area contributed by atoms with Crippen molar-refractivity contribution in [2.24, 2.45) is 0 Å². The Kier molecular flexibility index (Phi) is 3.39. The van der Waals surface area contributed by atoms with Crippen LogP contribution in [0.4, 0.5) is 0 Å². The molecule has 0 saturated carbocycles. The van der Waals surface area contributed by atoms with Crippen molar-refractivity contribution < 1.29 is 5.11 Å². The molecule has 3 heterocycles. The number of hydrogen-bond acceptors (Lipinski definition) is 3. The van der Waals surface area contributed by atoms with Crippen molar-refractivity contribution in [3.63, 3.8) is 0 Å². The number of aromatic nitrogens is 2. The molecule has 2 unspecified atom stereocenters. The molecular formula is C14H23N3O. The first-order valence-electron chi connectivity index (χ1n) is 7.17. The van der Waals surface area contributed by atoms with E-state index in [0.29, 0.717) is 12.0 Å². The summed E-state index contributed by atoms with van der Waals surface area (Å²) in [5.74, 6) is 1.53. The molecule has 0 bridgehead atoms. The molecule has 0 aliphatic carbocycles. The predicted molar refractivity (Wildman–Crippen MR) is 70.5 cm³/mol. The first-order chi connectivity index (χ1) is 8.81. The Bertz CT molecular complexity index is 415. The molecule has 1 N–H and O–H groups in total. The van der Waals surface area contributed by atoms with Gasteiger partial charge >= 0.3 is 0 Å². The summed E-state index contributed by atoms with van der Waals surface area (Å²) >= 11 is 0. The van der Waals surface area contributed by atoms with Crippen LogP contribution in [0.1, 0.15) is 55.6 Å². The van der Waals surface area contributed by atoms with Gasteiger partial charge in [0.15, 0.2) is 0 Å². The average Bonchev–Trinajstić information content (AvgIpc) is 2.83. The van der Waals surface area contributed by atoms with E-state index in [4.69, 9.17) is 0 Å². The molecule has 1 aromatic rings. The summed E-state index contributed by atoms with van der Waals surface area (Å²) in [5.41, 5.74) is 1.25. The summed E-state index contributed by atoms with van der Waals surface area (Å²) in [4.78, 5) is 7.11. The fraction of sp³-hybridized carbons (Fsp3) is 0.786. The topological polar surface area (TPSA) is 41.3 Å². The third kappa shape index (κ3) is 1.97. The van der Waals surface area contributed by atoms with E-state index in [0.717, 1.165) is 19.4 Å². The number of fused-ring (bicyclic) bond motifs is 1. The number of aliphatic hydroxyl groups is 1. The second-order valence-corrected chi connectivity index (χ2v) is 5.71. The number of imidazole rings is 1. The second-order valence-electron chi connectivity index (χ2n) is 5.71. The van der Waals surface area contributed by atoms with Crippen LogP contribution in [0.2, 0.25) is 0 Å².